The molecule has 4 fully saturated rings. The standard InChI is InChI=1S/C45H52N8O8/c1-26(2)52(30-18-34(19-30)61-32-10-11-35-36(20-32)45(58)53(44(35)57)38-12-13-41(54)50-43(38)56)25-27-14-16-51(17-15-27)40-24-47-37(23-48-40)42(55)49-29-5-8-31(9-6-29)60-33-7-4-28(22-46)39(21-33)59-3/h4,7,10-11,20-21,23-24,26-27,29-31,34,38H,5-6,8-9,12-19,25H2,1-3H3,(H,49,55)(H,50,54,56). The molecule has 5 amide bonds. The number of nitrogens with zero attached hydrogens (tertiary/aromatic N) is 6. The van der Waals surface area contributed by atoms with E-state index in [1.807, 2.05) is 0 Å². The van der Waals surface area contributed by atoms with Crippen LogP contribution in [0.3, 0.4) is 0 Å². The Morgan fingerprint density at radius 1 is 0.902 bits per heavy atom. The normalized spacial score (nSPS) is 24.2. The van der Waals surface area contributed by atoms with Gasteiger partial charge in [-0.15, -0.1) is 0 Å². The molecule has 3 aliphatic heterocycles. The molecule has 1 unspecified atom stereocenters. The van der Waals surface area contributed by atoms with Crippen molar-refractivity contribution < 1.29 is 38.2 Å². The van der Waals surface area contributed by atoms with Crippen molar-refractivity contribution in [2.45, 2.75) is 114 Å². The van der Waals surface area contributed by atoms with Gasteiger partial charge in [0.05, 0.1) is 42.3 Å². The molecular weight excluding hydrogens is 781 g/mol. The second-order valence-corrected chi connectivity index (χ2v) is 17.0. The first kappa shape index (κ1) is 41.6. The van der Waals surface area contributed by atoms with Gasteiger partial charge in [0, 0.05) is 63.1 Å². The van der Waals surface area contributed by atoms with E-state index in [9.17, 15) is 29.2 Å². The van der Waals surface area contributed by atoms with Crippen LogP contribution in [0.5, 0.6) is 17.2 Å². The van der Waals surface area contributed by atoms with Crippen LogP contribution in [0.25, 0.3) is 0 Å². The first-order valence-corrected chi connectivity index (χ1v) is 21.4. The number of anilines is 1. The third kappa shape index (κ3) is 9.02. The molecule has 4 heterocycles. The number of aromatic nitrogens is 2. The molecule has 1 aromatic heterocycles. The largest absolute Gasteiger partial charge is 0.495 e. The van der Waals surface area contributed by atoms with E-state index >= 15 is 0 Å². The van der Waals surface area contributed by atoms with Crippen LogP contribution in [0.2, 0.25) is 0 Å². The zero-order chi connectivity index (χ0) is 42.8. The van der Waals surface area contributed by atoms with E-state index in [-0.39, 0.29) is 48.1 Å². The summed E-state index contributed by atoms with van der Waals surface area (Å²) in [5, 5.41) is 14.6. The molecule has 0 bridgehead atoms. The van der Waals surface area contributed by atoms with Gasteiger partial charge < -0.3 is 24.4 Å². The van der Waals surface area contributed by atoms with Crippen molar-refractivity contribution >= 4 is 35.4 Å². The van der Waals surface area contributed by atoms with E-state index in [1.54, 1.807) is 48.8 Å². The van der Waals surface area contributed by atoms with Gasteiger partial charge in [-0.2, -0.15) is 5.26 Å². The van der Waals surface area contributed by atoms with Crippen LogP contribution in [-0.4, -0.2) is 112 Å². The summed E-state index contributed by atoms with van der Waals surface area (Å²) in [6.45, 7) is 7.15. The third-order valence-electron chi connectivity index (χ3n) is 12.8. The quantitative estimate of drug-likeness (QED) is 0.230. The smallest absolute Gasteiger partial charge is 0.271 e. The first-order chi connectivity index (χ1) is 29.5. The van der Waals surface area contributed by atoms with Crippen molar-refractivity contribution in [3.8, 4) is 23.3 Å². The van der Waals surface area contributed by atoms with Gasteiger partial charge >= 0.3 is 0 Å². The van der Waals surface area contributed by atoms with Crippen LogP contribution in [0.15, 0.2) is 48.8 Å². The maximum absolute atomic E-state index is 13.3. The Hall–Kier alpha value is -6.08. The number of carbonyl (C=O) groups is 5. The number of carbonyl (C=O) groups excluding carboxylic acids is 5. The van der Waals surface area contributed by atoms with Gasteiger partial charge in [-0.25, -0.2) is 9.97 Å². The number of piperidine rings is 2. The molecule has 3 aromatic rings. The number of nitriles is 1. The number of ether oxygens (including phenoxy) is 3. The van der Waals surface area contributed by atoms with E-state index in [2.05, 4.69) is 50.3 Å². The van der Waals surface area contributed by atoms with E-state index < -0.39 is 29.7 Å². The lowest BCUT2D eigenvalue weighted by Gasteiger charge is -2.46. The summed E-state index contributed by atoms with van der Waals surface area (Å²) in [7, 11) is 1.53. The van der Waals surface area contributed by atoms with Crippen molar-refractivity contribution in [3.05, 3.63) is 71.2 Å². The highest BCUT2D eigenvalue weighted by atomic mass is 16.5. The predicted octanol–water partition coefficient (Wildman–Crippen LogP) is 4.41. The van der Waals surface area contributed by atoms with Crippen LogP contribution in [0.4, 0.5) is 5.82 Å². The van der Waals surface area contributed by atoms with Gasteiger partial charge in [0.2, 0.25) is 11.8 Å². The molecule has 8 rings (SSSR count). The van der Waals surface area contributed by atoms with Crippen LogP contribution < -0.4 is 29.7 Å². The highest BCUT2D eigenvalue weighted by Gasteiger charge is 2.45. The van der Waals surface area contributed by atoms with Crippen molar-refractivity contribution in [2.24, 2.45) is 5.92 Å². The monoisotopic (exact) mass is 832 g/mol. The molecular formula is C45H52N8O8. The molecule has 2 N–H and O–H groups in total. The predicted molar refractivity (Wildman–Crippen MR) is 221 cm³/mol. The maximum atomic E-state index is 13.3. The number of hydrogen-bond acceptors (Lipinski definition) is 13. The summed E-state index contributed by atoms with van der Waals surface area (Å²) < 4.78 is 17.7. The lowest BCUT2D eigenvalue weighted by Crippen LogP contribution is -2.54. The number of nitrogens with one attached hydrogen (secondary N) is 2. The first-order valence-electron chi connectivity index (χ1n) is 21.4. The van der Waals surface area contributed by atoms with Gasteiger partial charge in [0.1, 0.15) is 47.0 Å². The Balaban J connectivity index is 0.759. The summed E-state index contributed by atoms with van der Waals surface area (Å²) in [5.74, 6) is 0.618. The average molecular weight is 833 g/mol. The molecule has 0 radical (unpaired) electrons. The minimum Gasteiger partial charge on any atom is -0.495 e. The second kappa shape index (κ2) is 17.9. The summed E-state index contributed by atoms with van der Waals surface area (Å²) >= 11 is 0. The average Bonchev–Trinajstić information content (AvgIpc) is 3.49. The van der Waals surface area contributed by atoms with Crippen LogP contribution in [0.1, 0.15) is 115 Å². The Morgan fingerprint density at radius 3 is 2.28 bits per heavy atom. The highest BCUT2D eigenvalue weighted by molar-refractivity contribution is 6.23. The highest BCUT2D eigenvalue weighted by Crippen LogP contribution is 2.36. The molecule has 2 aliphatic carbocycles. The summed E-state index contributed by atoms with van der Waals surface area (Å²) in [5.41, 5.74) is 1.21. The number of fused-ring (bicyclic) bond motifs is 1. The number of imide groups is 2. The molecule has 2 aromatic carbocycles. The Labute approximate surface area is 354 Å². The zero-order valence-electron chi connectivity index (χ0n) is 34.8. The fourth-order valence-electron chi connectivity index (χ4n) is 9.26. The number of hydrogen-bond donors (Lipinski definition) is 2. The molecule has 2 saturated carbocycles. The fraction of sp³-hybridized carbons (Fsp3) is 0.511. The summed E-state index contributed by atoms with van der Waals surface area (Å²) in [6.07, 6.45) is 10.3. The summed E-state index contributed by atoms with van der Waals surface area (Å²) in [6, 6.07) is 12.0. The van der Waals surface area contributed by atoms with Gasteiger partial charge in [-0.1, -0.05) is 0 Å². The molecule has 61 heavy (non-hydrogen) atoms. The minimum atomic E-state index is -1.00. The van der Waals surface area contributed by atoms with E-state index in [1.165, 1.54) is 7.11 Å². The number of methoxy groups -OCH3 is 1. The molecule has 1 atom stereocenters. The minimum absolute atomic E-state index is 0.0186. The number of benzene rings is 2. The molecule has 16 nitrogen and oxygen atoms in total. The van der Waals surface area contributed by atoms with E-state index in [4.69, 9.17) is 14.2 Å². The van der Waals surface area contributed by atoms with Gasteiger partial charge in [-0.3, -0.25) is 39.1 Å². The second-order valence-electron chi connectivity index (χ2n) is 17.0. The lowest BCUT2D eigenvalue weighted by atomic mass is 9.85. The number of rotatable bonds is 13. The molecule has 2 saturated heterocycles. The van der Waals surface area contributed by atoms with Crippen LogP contribution in [0, 0.1) is 17.2 Å². The van der Waals surface area contributed by atoms with Gasteiger partial charge in [0.25, 0.3) is 17.7 Å². The van der Waals surface area contributed by atoms with Crippen LogP contribution >= 0.6 is 0 Å². The van der Waals surface area contributed by atoms with E-state index in [0.717, 1.165) is 81.7 Å². The maximum Gasteiger partial charge on any atom is 0.271 e. The summed E-state index contributed by atoms with van der Waals surface area (Å²) in [4.78, 5) is 78.4. The molecule has 0 spiro atoms. The van der Waals surface area contributed by atoms with Crippen molar-refractivity contribution in [1.82, 2.24) is 30.4 Å². The molecule has 16 heteroatoms. The Morgan fingerprint density at radius 2 is 1.61 bits per heavy atom. The Kier molecular flexibility index (Phi) is 12.2. The van der Waals surface area contributed by atoms with Crippen molar-refractivity contribution in [1.29, 1.82) is 5.26 Å². The van der Waals surface area contributed by atoms with Crippen LogP contribution in [-0.2, 0) is 9.59 Å². The van der Waals surface area contributed by atoms with Gasteiger partial charge in [-0.05, 0) is 95.0 Å². The molecule has 5 aliphatic rings. The zero-order valence-corrected chi connectivity index (χ0v) is 34.8. The fourth-order valence-corrected chi connectivity index (χ4v) is 9.26. The molecule has 320 valence electrons. The lowest BCUT2D eigenvalue weighted by molar-refractivity contribution is -0.136. The van der Waals surface area contributed by atoms with Gasteiger partial charge in [0.15, 0.2) is 0 Å². The van der Waals surface area contributed by atoms with Crippen molar-refractivity contribution in [2.75, 3.05) is 31.6 Å². The topological polar surface area (TPSA) is 196 Å². The Bertz CT molecular complexity index is 2200. The van der Waals surface area contributed by atoms with E-state index in [0.29, 0.717) is 46.5 Å². The third-order valence-corrected chi connectivity index (χ3v) is 12.8. The number of amides is 5. The van der Waals surface area contributed by atoms with Crippen molar-refractivity contribution in [3.63, 3.8) is 0 Å². The SMILES string of the molecule is COc1cc(OC2CCC(NC(=O)c3cnc(N4CCC(CN(C(C)C)C5CC(Oc6ccc7c(c6)C(=O)N(C6CCC(=O)NC6=O)C7=O)C5)CC4)cn3)CC2)ccc1C#N.